The van der Waals surface area contributed by atoms with Gasteiger partial charge in [0.1, 0.15) is 4.90 Å². The number of amides is 1. The van der Waals surface area contributed by atoms with E-state index < -0.39 is 10.0 Å². The van der Waals surface area contributed by atoms with E-state index in [0.29, 0.717) is 0 Å². The average Bonchev–Trinajstić information content (AvgIpc) is 2.73. The van der Waals surface area contributed by atoms with E-state index >= 15 is 0 Å². The molecular formula is C22H25ClN2O4S2. The maximum absolute atomic E-state index is 13.3. The van der Waals surface area contributed by atoms with Crippen molar-refractivity contribution in [3.63, 3.8) is 0 Å². The standard InChI is InChI=1S/C22H25ClN2O4S2/c1-14-12-25(13-15(2)29-14)31(27,28)21-11-16(7-8-18(21)23)22(26)24-19-9-10-30-20-6-4-3-5-17(19)20/h3-8,11,14-15,19H,9-10,12-13H2,1-2H3,(H,24,26)/t14-,15-,19+/m1/s1. The van der Waals surface area contributed by atoms with Crippen molar-refractivity contribution in [3.8, 4) is 0 Å². The maximum atomic E-state index is 13.3. The Morgan fingerprint density at radius 1 is 1.16 bits per heavy atom. The number of hydrogen-bond acceptors (Lipinski definition) is 5. The summed E-state index contributed by atoms with van der Waals surface area (Å²) in [6.45, 7) is 4.17. The zero-order chi connectivity index (χ0) is 22.2. The topological polar surface area (TPSA) is 75.7 Å². The summed E-state index contributed by atoms with van der Waals surface area (Å²) < 4.78 is 33.6. The molecule has 31 heavy (non-hydrogen) atoms. The molecule has 0 aromatic heterocycles. The van der Waals surface area contributed by atoms with E-state index in [1.807, 2.05) is 32.0 Å². The molecule has 2 aliphatic heterocycles. The molecule has 1 saturated heterocycles. The van der Waals surface area contributed by atoms with E-state index in [1.165, 1.54) is 16.4 Å². The molecule has 2 aromatic carbocycles. The van der Waals surface area contributed by atoms with Crippen LogP contribution >= 0.6 is 23.4 Å². The molecule has 0 aliphatic carbocycles. The Bertz CT molecular complexity index is 1080. The van der Waals surface area contributed by atoms with Crippen LogP contribution in [-0.4, -0.2) is 49.7 Å². The van der Waals surface area contributed by atoms with Crippen molar-refractivity contribution in [1.29, 1.82) is 0 Å². The van der Waals surface area contributed by atoms with Gasteiger partial charge in [0.05, 0.1) is 23.3 Å². The monoisotopic (exact) mass is 480 g/mol. The molecule has 0 saturated carbocycles. The van der Waals surface area contributed by atoms with Crippen LogP contribution in [0.1, 0.15) is 42.2 Å². The third-order valence-electron chi connectivity index (χ3n) is 5.46. The number of sulfonamides is 1. The van der Waals surface area contributed by atoms with Gasteiger partial charge in [-0.15, -0.1) is 11.8 Å². The molecule has 2 heterocycles. The first-order valence-electron chi connectivity index (χ1n) is 10.2. The smallest absolute Gasteiger partial charge is 0.251 e. The molecule has 0 spiro atoms. The van der Waals surface area contributed by atoms with Gasteiger partial charge in [-0.05, 0) is 50.1 Å². The maximum Gasteiger partial charge on any atom is 0.251 e. The molecular weight excluding hydrogens is 456 g/mol. The largest absolute Gasteiger partial charge is 0.373 e. The molecule has 1 amide bonds. The van der Waals surface area contributed by atoms with Crippen molar-refractivity contribution in [2.75, 3.05) is 18.8 Å². The van der Waals surface area contributed by atoms with Crippen LogP contribution in [0.25, 0.3) is 0 Å². The van der Waals surface area contributed by atoms with E-state index in [9.17, 15) is 13.2 Å². The van der Waals surface area contributed by atoms with Crippen molar-refractivity contribution in [2.24, 2.45) is 0 Å². The predicted octanol–water partition coefficient (Wildman–Crippen LogP) is 4.10. The number of thioether (sulfide) groups is 1. The molecule has 6 nitrogen and oxygen atoms in total. The number of ether oxygens (including phenoxy) is 1. The Morgan fingerprint density at radius 2 is 1.87 bits per heavy atom. The Hall–Kier alpha value is -1.58. The Morgan fingerprint density at radius 3 is 2.61 bits per heavy atom. The second-order valence-electron chi connectivity index (χ2n) is 7.93. The summed E-state index contributed by atoms with van der Waals surface area (Å²) in [5.41, 5.74) is 1.36. The number of morpholine rings is 1. The van der Waals surface area contributed by atoms with E-state index in [1.54, 1.807) is 17.8 Å². The van der Waals surface area contributed by atoms with E-state index in [4.69, 9.17) is 16.3 Å². The molecule has 4 rings (SSSR count). The van der Waals surface area contributed by atoms with Crippen LogP contribution in [0.15, 0.2) is 52.3 Å². The summed E-state index contributed by atoms with van der Waals surface area (Å²) in [6, 6.07) is 12.3. The molecule has 2 aromatic rings. The van der Waals surface area contributed by atoms with Gasteiger partial charge in [0.2, 0.25) is 10.0 Å². The molecule has 9 heteroatoms. The van der Waals surface area contributed by atoms with Crippen LogP contribution in [0.2, 0.25) is 5.02 Å². The fourth-order valence-electron chi connectivity index (χ4n) is 4.04. The molecule has 166 valence electrons. The quantitative estimate of drug-likeness (QED) is 0.712. The van der Waals surface area contributed by atoms with E-state index in [-0.39, 0.29) is 52.7 Å². The molecule has 0 unspecified atom stereocenters. The van der Waals surface area contributed by atoms with Crippen LogP contribution in [0.3, 0.4) is 0 Å². The summed E-state index contributed by atoms with van der Waals surface area (Å²) >= 11 is 8.04. The number of carbonyl (C=O) groups is 1. The first kappa shape index (κ1) is 22.6. The Kier molecular flexibility index (Phi) is 6.65. The molecule has 0 bridgehead atoms. The Balaban J connectivity index is 1.59. The molecule has 0 radical (unpaired) electrons. The van der Waals surface area contributed by atoms with Crippen molar-refractivity contribution >= 4 is 39.3 Å². The summed E-state index contributed by atoms with van der Waals surface area (Å²) in [5.74, 6) is 0.596. The fraction of sp³-hybridized carbons (Fsp3) is 0.409. The average molecular weight is 481 g/mol. The van der Waals surface area contributed by atoms with Gasteiger partial charge < -0.3 is 10.1 Å². The van der Waals surface area contributed by atoms with Gasteiger partial charge in [0.15, 0.2) is 0 Å². The lowest BCUT2D eigenvalue weighted by molar-refractivity contribution is -0.0440. The fourth-order valence-corrected chi connectivity index (χ4v) is 7.26. The van der Waals surface area contributed by atoms with E-state index in [0.717, 1.165) is 22.6 Å². The minimum Gasteiger partial charge on any atom is -0.373 e. The lowest BCUT2D eigenvalue weighted by Gasteiger charge is -2.34. The zero-order valence-electron chi connectivity index (χ0n) is 17.4. The van der Waals surface area contributed by atoms with E-state index in [2.05, 4.69) is 11.4 Å². The van der Waals surface area contributed by atoms with Crippen molar-refractivity contribution < 1.29 is 17.9 Å². The van der Waals surface area contributed by atoms with Crippen LogP contribution in [0.5, 0.6) is 0 Å². The number of halogens is 1. The van der Waals surface area contributed by atoms with Gasteiger partial charge in [-0.25, -0.2) is 8.42 Å². The Labute approximate surface area is 192 Å². The highest BCUT2D eigenvalue weighted by Gasteiger charge is 2.34. The molecule has 1 fully saturated rings. The SMILES string of the molecule is C[C@@H]1CN(S(=O)(=O)c2cc(C(=O)N[C@H]3CCSc4ccccc43)ccc2Cl)C[C@@H](C)O1. The highest BCUT2D eigenvalue weighted by Crippen LogP contribution is 2.36. The van der Waals surface area contributed by atoms with Crippen LogP contribution < -0.4 is 5.32 Å². The minimum absolute atomic E-state index is 0.0530. The highest BCUT2D eigenvalue weighted by atomic mass is 35.5. The number of benzene rings is 2. The second-order valence-corrected chi connectivity index (χ2v) is 11.4. The van der Waals surface area contributed by atoms with Gasteiger partial charge in [-0.3, -0.25) is 4.79 Å². The molecule has 3 atom stereocenters. The number of carbonyl (C=O) groups excluding carboxylic acids is 1. The van der Waals surface area contributed by atoms with Gasteiger partial charge in [-0.1, -0.05) is 29.8 Å². The van der Waals surface area contributed by atoms with Gasteiger partial charge >= 0.3 is 0 Å². The van der Waals surface area contributed by atoms with Crippen molar-refractivity contribution in [1.82, 2.24) is 9.62 Å². The van der Waals surface area contributed by atoms with Crippen LogP contribution in [0.4, 0.5) is 0 Å². The first-order chi connectivity index (χ1) is 14.8. The van der Waals surface area contributed by atoms with Gasteiger partial charge in [0, 0.05) is 29.3 Å². The number of hydrogen-bond donors (Lipinski definition) is 1. The lowest BCUT2D eigenvalue weighted by Crippen LogP contribution is -2.48. The first-order valence-corrected chi connectivity index (χ1v) is 13.0. The number of fused-ring (bicyclic) bond motifs is 1. The highest BCUT2D eigenvalue weighted by molar-refractivity contribution is 7.99. The van der Waals surface area contributed by atoms with Gasteiger partial charge in [-0.2, -0.15) is 4.31 Å². The second kappa shape index (κ2) is 9.11. The molecule has 1 N–H and O–H groups in total. The third kappa shape index (κ3) is 4.78. The van der Waals surface area contributed by atoms with Gasteiger partial charge in [0.25, 0.3) is 5.91 Å². The van der Waals surface area contributed by atoms with Crippen LogP contribution in [-0.2, 0) is 14.8 Å². The molecule has 2 aliphatic rings. The summed E-state index contributed by atoms with van der Waals surface area (Å²) in [6.07, 6.45) is 0.386. The normalized spacial score (nSPS) is 24.4. The third-order valence-corrected chi connectivity index (χ3v) is 8.90. The lowest BCUT2D eigenvalue weighted by atomic mass is 10.0. The summed E-state index contributed by atoms with van der Waals surface area (Å²) in [7, 11) is -3.86. The minimum atomic E-state index is -3.86. The number of rotatable bonds is 4. The summed E-state index contributed by atoms with van der Waals surface area (Å²) in [4.78, 5) is 14.1. The number of nitrogens with zero attached hydrogens (tertiary/aromatic N) is 1. The van der Waals surface area contributed by atoms with Crippen molar-refractivity contribution in [3.05, 3.63) is 58.6 Å². The van der Waals surface area contributed by atoms with Crippen molar-refractivity contribution in [2.45, 2.75) is 48.3 Å². The van der Waals surface area contributed by atoms with Crippen LogP contribution in [0, 0.1) is 0 Å². The number of nitrogens with one attached hydrogen (secondary N) is 1. The summed E-state index contributed by atoms with van der Waals surface area (Å²) in [5, 5.41) is 3.16. The zero-order valence-corrected chi connectivity index (χ0v) is 19.8. The predicted molar refractivity (Wildman–Crippen MR) is 122 cm³/mol.